The molecular weight excluding hydrogens is 347 g/mol. The van der Waals surface area contributed by atoms with Crippen LogP contribution in [0.4, 0.5) is 4.39 Å². The van der Waals surface area contributed by atoms with E-state index in [2.05, 4.69) is 0 Å². The Kier molecular flexibility index (Phi) is 10.6. The molecule has 0 nitrogen and oxygen atoms in total. The molecule has 0 spiro atoms. The minimum absolute atomic E-state index is 0. The minimum Gasteiger partial charge on any atom is -1.00 e. The maximum atomic E-state index is 12.9. The Morgan fingerprint density at radius 2 is 1.25 bits per heavy atom. The summed E-state index contributed by atoms with van der Waals surface area (Å²) in [5.41, 5.74) is 1.96. The Morgan fingerprint density at radius 3 is 1.81 bits per heavy atom. The molecule has 2 aromatic rings. The summed E-state index contributed by atoms with van der Waals surface area (Å²) in [7, 11) is 0. The monoisotopic (exact) mass is 354 g/mol. The number of hydrogen-bond donors (Lipinski definition) is 0. The summed E-state index contributed by atoms with van der Waals surface area (Å²) in [5.74, 6) is -0.193. The molecule has 0 aliphatic heterocycles. The summed E-state index contributed by atoms with van der Waals surface area (Å²) >= 11 is 0. The normalized spacial score (nSPS) is 8.06. The van der Waals surface area contributed by atoms with Gasteiger partial charge in [-0.1, -0.05) is 42.5 Å². The molecule has 0 saturated carbocycles. The third-order valence-corrected chi connectivity index (χ3v) is 1.93. The first-order valence-corrected chi connectivity index (χ1v) is 4.17. The van der Waals surface area contributed by atoms with Crippen LogP contribution in [-0.4, -0.2) is 23.1 Å². The van der Waals surface area contributed by atoms with E-state index >= 15 is 0 Å². The molecule has 0 aromatic heterocycles. The Hall–Kier alpha value is 0.0962. The number of halogens is 3. The van der Waals surface area contributed by atoms with E-state index < -0.39 is 0 Å². The van der Waals surface area contributed by atoms with Crippen molar-refractivity contribution in [3.05, 3.63) is 60.4 Å². The minimum atomic E-state index is -0.193. The van der Waals surface area contributed by atoms with Gasteiger partial charge in [-0.3, -0.25) is 0 Å². The summed E-state index contributed by atoms with van der Waals surface area (Å²) in [4.78, 5) is 0. The summed E-state index contributed by atoms with van der Waals surface area (Å²) < 4.78 is 12.9. The first kappa shape index (κ1) is 18.5. The Bertz CT molecular complexity index is 407. The standard InChI is InChI=1S/C12H9F.2BrH.Mg/c13-12-8-4-7-11(9-12)10-5-2-1-3-6-10;;;/h1-9H;2*1H;/q;;;+2/p-2. The summed E-state index contributed by atoms with van der Waals surface area (Å²) in [6.45, 7) is 0. The first-order valence-electron chi connectivity index (χ1n) is 4.17. The van der Waals surface area contributed by atoms with E-state index in [1.165, 1.54) is 12.1 Å². The molecule has 2 aromatic carbocycles. The Labute approximate surface area is 132 Å². The van der Waals surface area contributed by atoms with Gasteiger partial charge >= 0.3 is 23.1 Å². The Balaban J connectivity index is 0. The number of rotatable bonds is 1. The van der Waals surface area contributed by atoms with Crippen LogP contribution in [-0.2, 0) is 0 Å². The average molecular weight is 356 g/mol. The SMILES string of the molecule is Fc1cccc(-c2ccccc2)c1.[Br-].[Br-].[Mg+2]. The van der Waals surface area contributed by atoms with Gasteiger partial charge in [0.15, 0.2) is 0 Å². The van der Waals surface area contributed by atoms with E-state index in [9.17, 15) is 4.39 Å². The van der Waals surface area contributed by atoms with Crippen molar-refractivity contribution < 1.29 is 38.4 Å². The molecule has 0 saturated heterocycles. The van der Waals surface area contributed by atoms with Gasteiger partial charge < -0.3 is 34.0 Å². The van der Waals surface area contributed by atoms with E-state index in [4.69, 9.17) is 0 Å². The van der Waals surface area contributed by atoms with Crippen molar-refractivity contribution >= 4 is 23.1 Å². The third-order valence-electron chi connectivity index (χ3n) is 1.93. The maximum absolute atomic E-state index is 12.9. The molecule has 0 bridgehead atoms. The van der Waals surface area contributed by atoms with Gasteiger partial charge in [0.2, 0.25) is 0 Å². The summed E-state index contributed by atoms with van der Waals surface area (Å²) in [6.07, 6.45) is 0. The van der Waals surface area contributed by atoms with Gasteiger partial charge in [-0.25, -0.2) is 4.39 Å². The van der Waals surface area contributed by atoms with Crippen molar-refractivity contribution in [3.63, 3.8) is 0 Å². The predicted molar refractivity (Wildman–Crippen MR) is 57.6 cm³/mol. The van der Waals surface area contributed by atoms with Crippen molar-refractivity contribution in [2.45, 2.75) is 0 Å². The van der Waals surface area contributed by atoms with Gasteiger partial charge in [-0.05, 0) is 23.3 Å². The van der Waals surface area contributed by atoms with Gasteiger partial charge in [-0.2, -0.15) is 0 Å². The van der Waals surface area contributed by atoms with Gasteiger partial charge in [0.1, 0.15) is 5.82 Å². The molecule has 0 N–H and O–H groups in total. The topological polar surface area (TPSA) is 0 Å². The van der Waals surface area contributed by atoms with Gasteiger partial charge in [-0.15, -0.1) is 0 Å². The van der Waals surface area contributed by atoms with Gasteiger partial charge in [0.05, 0.1) is 0 Å². The summed E-state index contributed by atoms with van der Waals surface area (Å²) in [6, 6.07) is 16.4. The second-order valence-electron chi connectivity index (χ2n) is 2.88. The predicted octanol–water partition coefficient (Wildman–Crippen LogP) is -2.88. The zero-order valence-electron chi connectivity index (χ0n) is 8.54. The molecular formula is C12H9Br2FMg. The molecule has 0 fully saturated rings. The molecule has 0 heterocycles. The van der Waals surface area contributed by atoms with Crippen molar-refractivity contribution in [3.8, 4) is 11.1 Å². The van der Waals surface area contributed by atoms with E-state index in [0.29, 0.717) is 0 Å². The molecule has 16 heavy (non-hydrogen) atoms. The van der Waals surface area contributed by atoms with Crippen molar-refractivity contribution in [2.24, 2.45) is 0 Å². The second-order valence-corrected chi connectivity index (χ2v) is 2.88. The third kappa shape index (κ3) is 4.95. The zero-order chi connectivity index (χ0) is 9.10. The van der Waals surface area contributed by atoms with Crippen molar-refractivity contribution in [1.82, 2.24) is 0 Å². The van der Waals surface area contributed by atoms with Crippen LogP contribution < -0.4 is 34.0 Å². The molecule has 4 heteroatoms. The molecule has 0 atom stereocenters. The van der Waals surface area contributed by atoms with E-state index in [-0.39, 0.29) is 62.8 Å². The maximum Gasteiger partial charge on any atom is 2.00 e. The molecule has 0 aliphatic rings. The smallest absolute Gasteiger partial charge is 1.00 e. The molecule has 80 valence electrons. The largest absolute Gasteiger partial charge is 2.00 e. The van der Waals surface area contributed by atoms with E-state index in [1.54, 1.807) is 6.07 Å². The van der Waals surface area contributed by atoms with E-state index in [1.807, 2.05) is 36.4 Å². The van der Waals surface area contributed by atoms with Crippen LogP contribution in [0.25, 0.3) is 11.1 Å². The summed E-state index contributed by atoms with van der Waals surface area (Å²) in [5, 5.41) is 0. The fourth-order valence-corrected chi connectivity index (χ4v) is 1.30. The van der Waals surface area contributed by atoms with Gasteiger partial charge in [0, 0.05) is 0 Å². The number of benzene rings is 2. The van der Waals surface area contributed by atoms with Crippen LogP contribution >= 0.6 is 0 Å². The van der Waals surface area contributed by atoms with Crippen LogP contribution in [0, 0.1) is 5.82 Å². The molecule has 0 radical (unpaired) electrons. The molecule has 0 aliphatic carbocycles. The van der Waals surface area contributed by atoms with Gasteiger partial charge in [0.25, 0.3) is 0 Å². The van der Waals surface area contributed by atoms with Crippen molar-refractivity contribution in [1.29, 1.82) is 0 Å². The number of hydrogen-bond acceptors (Lipinski definition) is 0. The van der Waals surface area contributed by atoms with Crippen LogP contribution in [0.1, 0.15) is 0 Å². The zero-order valence-corrected chi connectivity index (χ0v) is 13.1. The Morgan fingerprint density at radius 1 is 0.688 bits per heavy atom. The van der Waals surface area contributed by atoms with Crippen LogP contribution in [0.15, 0.2) is 54.6 Å². The fourth-order valence-electron chi connectivity index (χ4n) is 1.30. The van der Waals surface area contributed by atoms with Crippen molar-refractivity contribution in [2.75, 3.05) is 0 Å². The quantitative estimate of drug-likeness (QED) is 0.482. The van der Waals surface area contributed by atoms with Crippen LogP contribution in [0.3, 0.4) is 0 Å². The molecule has 0 amide bonds. The van der Waals surface area contributed by atoms with Crippen LogP contribution in [0.2, 0.25) is 0 Å². The average Bonchev–Trinajstić information content (AvgIpc) is 2.19. The molecule has 2 rings (SSSR count). The van der Waals surface area contributed by atoms with Crippen LogP contribution in [0.5, 0.6) is 0 Å². The second kappa shape index (κ2) is 9.16. The fraction of sp³-hybridized carbons (Fsp3) is 0. The first-order chi connectivity index (χ1) is 6.36. The van der Waals surface area contributed by atoms with E-state index in [0.717, 1.165) is 11.1 Å². The molecule has 0 unspecified atom stereocenters.